The fourth-order valence-corrected chi connectivity index (χ4v) is 1.82. The normalized spacial score (nSPS) is 28.8. The van der Waals surface area contributed by atoms with E-state index in [4.69, 9.17) is 9.47 Å². The fraction of sp³-hybridized carbons (Fsp3) is 0.667. The van der Waals surface area contributed by atoms with Gasteiger partial charge in [0.1, 0.15) is 12.3 Å². The molecule has 1 aliphatic rings. The highest BCUT2D eigenvalue weighted by Gasteiger charge is 2.37. The van der Waals surface area contributed by atoms with E-state index in [2.05, 4.69) is 16.9 Å². The zero-order valence-electron chi connectivity index (χ0n) is 10.8. The van der Waals surface area contributed by atoms with Crippen molar-refractivity contribution in [2.45, 2.75) is 32.2 Å². The number of aliphatic imine (C=N–C) groups is 1. The van der Waals surface area contributed by atoms with Crippen molar-refractivity contribution >= 4 is 11.7 Å². The highest BCUT2D eigenvalue weighted by Crippen LogP contribution is 2.18. The van der Waals surface area contributed by atoms with Gasteiger partial charge in [-0.15, -0.1) is 0 Å². The van der Waals surface area contributed by atoms with Gasteiger partial charge in [0.05, 0.1) is 13.2 Å². The van der Waals surface area contributed by atoms with Crippen molar-refractivity contribution in [2.24, 2.45) is 10.9 Å². The summed E-state index contributed by atoms with van der Waals surface area (Å²) in [6.07, 6.45) is 0.969. The molecule has 0 aromatic carbocycles. The van der Waals surface area contributed by atoms with Crippen molar-refractivity contribution in [1.82, 2.24) is 5.32 Å². The minimum absolute atomic E-state index is 0.0659. The number of methoxy groups -OCH3 is 2. The summed E-state index contributed by atoms with van der Waals surface area (Å²) in [4.78, 5) is 16.1. The molecule has 0 saturated heterocycles. The first-order valence-electron chi connectivity index (χ1n) is 5.62. The minimum Gasteiger partial charge on any atom is -0.483 e. The number of hydrogen-bond acceptors (Lipinski definition) is 5. The van der Waals surface area contributed by atoms with Crippen molar-refractivity contribution in [3.05, 3.63) is 12.7 Å². The van der Waals surface area contributed by atoms with E-state index in [9.17, 15) is 4.79 Å². The van der Waals surface area contributed by atoms with E-state index in [1.165, 1.54) is 13.2 Å². The SMILES string of the molecule is C=CC(=O)C1NC(OC)C(C(C)C)N=C1OC. The Hall–Kier alpha value is -1.20. The molecule has 0 aromatic rings. The Labute approximate surface area is 102 Å². The molecule has 0 radical (unpaired) electrons. The summed E-state index contributed by atoms with van der Waals surface area (Å²) in [5.74, 6) is 0.508. The standard InChI is InChI=1S/C12H20N2O3/c1-6-8(15)10-12(17-5)13-9(7(2)3)11(14-10)16-4/h6-7,9-11,14H,1H2,2-5H3. The van der Waals surface area contributed by atoms with E-state index in [0.29, 0.717) is 5.90 Å². The number of nitrogens with one attached hydrogen (secondary N) is 1. The topological polar surface area (TPSA) is 59.9 Å². The number of ketones is 1. The smallest absolute Gasteiger partial charge is 0.209 e. The van der Waals surface area contributed by atoms with E-state index >= 15 is 0 Å². The van der Waals surface area contributed by atoms with Gasteiger partial charge in [-0.25, -0.2) is 4.99 Å². The average Bonchev–Trinajstić information content (AvgIpc) is 2.35. The van der Waals surface area contributed by atoms with Crippen LogP contribution in [-0.4, -0.2) is 44.2 Å². The van der Waals surface area contributed by atoms with Crippen LogP contribution in [0, 0.1) is 5.92 Å². The van der Waals surface area contributed by atoms with Gasteiger partial charge in [-0.05, 0) is 12.0 Å². The summed E-state index contributed by atoms with van der Waals surface area (Å²) >= 11 is 0. The molecule has 0 spiro atoms. The Balaban J connectivity index is 3.01. The largest absolute Gasteiger partial charge is 0.483 e. The summed E-state index contributed by atoms with van der Waals surface area (Å²) in [7, 11) is 3.10. The van der Waals surface area contributed by atoms with Gasteiger partial charge in [0.15, 0.2) is 5.78 Å². The summed E-state index contributed by atoms with van der Waals surface area (Å²) < 4.78 is 10.5. The predicted molar refractivity (Wildman–Crippen MR) is 66.0 cm³/mol. The Bertz CT molecular complexity index is 326. The lowest BCUT2D eigenvalue weighted by Gasteiger charge is -2.35. The maximum Gasteiger partial charge on any atom is 0.209 e. The van der Waals surface area contributed by atoms with E-state index < -0.39 is 6.04 Å². The van der Waals surface area contributed by atoms with Gasteiger partial charge in [0.2, 0.25) is 5.90 Å². The lowest BCUT2D eigenvalue weighted by molar-refractivity contribution is -0.116. The van der Waals surface area contributed by atoms with E-state index in [1.54, 1.807) is 7.11 Å². The predicted octanol–water partition coefficient (Wildman–Crippen LogP) is 0.755. The maximum atomic E-state index is 11.7. The molecule has 17 heavy (non-hydrogen) atoms. The third kappa shape index (κ3) is 2.92. The second-order valence-corrected chi connectivity index (χ2v) is 4.27. The van der Waals surface area contributed by atoms with Crippen molar-refractivity contribution in [3.8, 4) is 0 Å². The van der Waals surface area contributed by atoms with Gasteiger partial charge in [-0.2, -0.15) is 0 Å². The lowest BCUT2D eigenvalue weighted by atomic mass is 9.99. The Morgan fingerprint density at radius 2 is 2.18 bits per heavy atom. The van der Waals surface area contributed by atoms with Gasteiger partial charge in [0.25, 0.3) is 0 Å². The minimum atomic E-state index is -0.600. The monoisotopic (exact) mass is 240 g/mol. The molecule has 3 atom stereocenters. The van der Waals surface area contributed by atoms with Crippen LogP contribution < -0.4 is 5.32 Å². The van der Waals surface area contributed by atoms with Crippen LogP contribution >= 0.6 is 0 Å². The molecule has 5 nitrogen and oxygen atoms in total. The summed E-state index contributed by atoms with van der Waals surface area (Å²) in [6, 6.07) is -0.665. The molecule has 3 unspecified atom stereocenters. The van der Waals surface area contributed by atoms with E-state index in [0.717, 1.165) is 0 Å². The van der Waals surface area contributed by atoms with Crippen molar-refractivity contribution in [2.75, 3.05) is 14.2 Å². The van der Waals surface area contributed by atoms with Crippen LogP contribution in [0.25, 0.3) is 0 Å². The highest BCUT2D eigenvalue weighted by atomic mass is 16.5. The first-order chi connectivity index (χ1) is 8.04. The molecule has 0 aromatic heterocycles. The van der Waals surface area contributed by atoms with Gasteiger partial charge in [-0.3, -0.25) is 10.1 Å². The van der Waals surface area contributed by atoms with Crippen molar-refractivity contribution in [3.63, 3.8) is 0 Å². The molecule has 96 valence electrons. The fourth-order valence-electron chi connectivity index (χ4n) is 1.82. The second kappa shape index (κ2) is 5.93. The summed E-state index contributed by atoms with van der Waals surface area (Å²) in [5, 5.41) is 3.09. The van der Waals surface area contributed by atoms with E-state index in [-0.39, 0.29) is 24.0 Å². The number of rotatable bonds is 4. The molecule has 1 N–H and O–H groups in total. The molecule has 0 aliphatic carbocycles. The Morgan fingerprint density at radius 3 is 2.59 bits per heavy atom. The van der Waals surface area contributed by atoms with Gasteiger partial charge < -0.3 is 9.47 Å². The first-order valence-corrected chi connectivity index (χ1v) is 5.62. The molecule has 1 rings (SSSR count). The van der Waals surface area contributed by atoms with Gasteiger partial charge in [-0.1, -0.05) is 20.4 Å². The quantitative estimate of drug-likeness (QED) is 0.737. The summed E-state index contributed by atoms with van der Waals surface area (Å²) in [6.45, 7) is 7.56. The molecule has 0 saturated carbocycles. The Morgan fingerprint density at radius 1 is 1.53 bits per heavy atom. The molecule has 1 heterocycles. The van der Waals surface area contributed by atoms with Crippen LogP contribution in [0.1, 0.15) is 13.8 Å². The van der Waals surface area contributed by atoms with Crippen molar-refractivity contribution < 1.29 is 14.3 Å². The third-order valence-corrected chi connectivity index (χ3v) is 2.80. The first kappa shape index (κ1) is 13.9. The number of ether oxygens (including phenoxy) is 2. The van der Waals surface area contributed by atoms with Gasteiger partial charge >= 0.3 is 0 Å². The molecule has 1 aliphatic heterocycles. The van der Waals surface area contributed by atoms with E-state index in [1.807, 2.05) is 13.8 Å². The summed E-state index contributed by atoms with van der Waals surface area (Å²) in [5.41, 5.74) is 0. The van der Waals surface area contributed by atoms with Crippen LogP contribution in [0.4, 0.5) is 0 Å². The van der Waals surface area contributed by atoms with Crippen LogP contribution in [0.5, 0.6) is 0 Å². The molecule has 5 heteroatoms. The zero-order valence-corrected chi connectivity index (χ0v) is 10.8. The molecule has 0 amide bonds. The highest BCUT2D eigenvalue weighted by molar-refractivity contribution is 6.10. The maximum absolute atomic E-state index is 11.7. The van der Waals surface area contributed by atoms with Gasteiger partial charge in [0, 0.05) is 7.11 Å². The molecule has 0 bridgehead atoms. The third-order valence-electron chi connectivity index (χ3n) is 2.80. The number of carbonyl (C=O) groups excluding carboxylic acids is 1. The molecule has 0 fully saturated rings. The average molecular weight is 240 g/mol. The van der Waals surface area contributed by atoms with Crippen LogP contribution in [-0.2, 0) is 14.3 Å². The van der Waals surface area contributed by atoms with Crippen molar-refractivity contribution in [1.29, 1.82) is 0 Å². The Kier molecular flexibility index (Phi) is 4.84. The number of nitrogens with zero attached hydrogens (tertiary/aromatic N) is 1. The zero-order chi connectivity index (χ0) is 13.0. The lowest BCUT2D eigenvalue weighted by Crippen LogP contribution is -2.58. The second-order valence-electron chi connectivity index (χ2n) is 4.27. The molecular formula is C12H20N2O3. The van der Waals surface area contributed by atoms with Crippen LogP contribution in [0.15, 0.2) is 17.6 Å². The van der Waals surface area contributed by atoms with Crippen LogP contribution in [0.3, 0.4) is 0 Å². The number of hydrogen-bond donors (Lipinski definition) is 1. The molecular weight excluding hydrogens is 220 g/mol. The van der Waals surface area contributed by atoms with Crippen LogP contribution in [0.2, 0.25) is 0 Å². The number of carbonyl (C=O) groups is 1.